The highest BCUT2D eigenvalue weighted by molar-refractivity contribution is 9.28. The molecule has 0 aliphatic heterocycles. The van der Waals surface area contributed by atoms with Crippen LogP contribution in [0.15, 0.2) is 46.4 Å². The van der Waals surface area contributed by atoms with E-state index in [4.69, 9.17) is 9.47 Å². The van der Waals surface area contributed by atoms with Gasteiger partial charge in [0.25, 0.3) is 0 Å². The molecule has 1 rings (SSSR count). The van der Waals surface area contributed by atoms with Crippen LogP contribution in [0.25, 0.3) is 0 Å². The number of hydrogen-bond donors (Lipinski definition) is 0. The fourth-order valence-electron chi connectivity index (χ4n) is 1.91. The van der Waals surface area contributed by atoms with Crippen molar-refractivity contribution in [3.8, 4) is 5.75 Å². The second-order valence-electron chi connectivity index (χ2n) is 5.11. The number of benzene rings is 1. The Bertz CT molecular complexity index is 464. The van der Waals surface area contributed by atoms with E-state index in [-0.39, 0.29) is 5.60 Å². The van der Waals surface area contributed by atoms with Gasteiger partial charge in [-0.1, -0.05) is 24.3 Å². The van der Waals surface area contributed by atoms with Crippen molar-refractivity contribution in [1.29, 1.82) is 0 Å². The van der Waals surface area contributed by atoms with E-state index >= 15 is 0 Å². The minimum absolute atomic E-state index is 0.207. The average Bonchev–Trinajstić information content (AvgIpc) is 2.50. The molecule has 0 saturated heterocycles. The second kappa shape index (κ2) is 9.44. The molecule has 0 fully saturated rings. The van der Waals surface area contributed by atoms with Crippen LogP contribution in [0.5, 0.6) is 5.75 Å². The SMILES string of the molecule is C=CCC[C@@](C)(CC=C(Br)Br)OCc1ccc(OC)cc1. The molecular formula is C17H22Br2O2. The normalized spacial score (nSPS) is 13.3. The predicted octanol–water partition coefficient (Wildman–Crippen LogP) is 5.96. The van der Waals surface area contributed by atoms with Crippen molar-refractivity contribution in [1.82, 2.24) is 0 Å². The number of methoxy groups -OCH3 is 1. The van der Waals surface area contributed by atoms with Crippen molar-refractivity contribution in [2.75, 3.05) is 7.11 Å². The van der Waals surface area contributed by atoms with Crippen LogP contribution in [0.4, 0.5) is 0 Å². The highest BCUT2D eigenvalue weighted by Crippen LogP contribution is 2.27. The first kappa shape index (κ1) is 18.5. The predicted molar refractivity (Wildman–Crippen MR) is 96.2 cm³/mol. The molecule has 1 atom stereocenters. The van der Waals surface area contributed by atoms with Crippen LogP contribution < -0.4 is 4.74 Å². The number of allylic oxidation sites excluding steroid dienone is 1. The van der Waals surface area contributed by atoms with Crippen molar-refractivity contribution >= 4 is 31.9 Å². The molecule has 0 radical (unpaired) electrons. The number of ether oxygens (including phenoxy) is 2. The Kier molecular flexibility index (Phi) is 8.30. The lowest BCUT2D eigenvalue weighted by atomic mass is 9.95. The first-order valence-electron chi connectivity index (χ1n) is 6.88. The molecule has 0 spiro atoms. The molecule has 0 saturated carbocycles. The zero-order chi connectivity index (χ0) is 15.7. The van der Waals surface area contributed by atoms with E-state index in [0.29, 0.717) is 6.61 Å². The van der Waals surface area contributed by atoms with Crippen molar-refractivity contribution in [3.05, 3.63) is 52.0 Å². The third-order valence-electron chi connectivity index (χ3n) is 3.31. The molecule has 0 aliphatic rings. The van der Waals surface area contributed by atoms with Gasteiger partial charge < -0.3 is 9.47 Å². The van der Waals surface area contributed by atoms with Gasteiger partial charge in [-0.2, -0.15) is 0 Å². The van der Waals surface area contributed by atoms with Crippen molar-refractivity contribution in [2.45, 2.75) is 38.4 Å². The van der Waals surface area contributed by atoms with Gasteiger partial charge in [-0.25, -0.2) is 0 Å². The van der Waals surface area contributed by atoms with Crippen molar-refractivity contribution < 1.29 is 9.47 Å². The fraction of sp³-hybridized carbons (Fsp3) is 0.412. The van der Waals surface area contributed by atoms with Gasteiger partial charge in [-0.3, -0.25) is 0 Å². The molecule has 116 valence electrons. The highest BCUT2D eigenvalue weighted by atomic mass is 79.9. The Labute approximate surface area is 144 Å². The minimum Gasteiger partial charge on any atom is -0.497 e. The highest BCUT2D eigenvalue weighted by Gasteiger charge is 2.23. The standard InChI is InChI=1S/C17H22Br2O2/c1-4-5-11-17(2,12-10-16(18)19)21-13-14-6-8-15(20-3)9-7-14/h4,6-10H,1,5,11-13H2,2-3H3/t17-/m0/s1. The summed E-state index contributed by atoms with van der Waals surface area (Å²) >= 11 is 6.79. The zero-order valence-corrected chi connectivity index (χ0v) is 15.7. The van der Waals surface area contributed by atoms with E-state index in [9.17, 15) is 0 Å². The van der Waals surface area contributed by atoms with E-state index in [0.717, 1.165) is 34.0 Å². The van der Waals surface area contributed by atoms with Gasteiger partial charge in [0.2, 0.25) is 0 Å². The van der Waals surface area contributed by atoms with Crippen molar-refractivity contribution in [2.24, 2.45) is 0 Å². The minimum atomic E-state index is -0.207. The molecule has 0 amide bonds. The van der Waals surface area contributed by atoms with Crippen LogP contribution in [0, 0.1) is 0 Å². The summed E-state index contributed by atoms with van der Waals surface area (Å²) in [5.74, 6) is 0.860. The Balaban J connectivity index is 2.66. The van der Waals surface area contributed by atoms with Crippen LogP contribution in [0.3, 0.4) is 0 Å². The lowest BCUT2D eigenvalue weighted by Gasteiger charge is -2.29. The van der Waals surface area contributed by atoms with E-state index in [2.05, 4.69) is 51.4 Å². The summed E-state index contributed by atoms with van der Waals surface area (Å²) < 4.78 is 12.3. The maximum Gasteiger partial charge on any atom is 0.118 e. The molecule has 0 unspecified atom stereocenters. The summed E-state index contributed by atoms with van der Waals surface area (Å²) in [4.78, 5) is 0. The molecule has 0 aliphatic carbocycles. The van der Waals surface area contributed by atoms with Gasteiger partial charge >= 0.3 is 0 Å². The summed E-state index contributed by atoms with van der Waals surface area (Å²) in [5, 5.41) is 0. The van der Waals surface area contributed by atoms with Gasteiger partial charge in [0.05, 0.1) is 22.7 Å². The lowest BCUT2D eigenvalue weighted by molar-refractivity contribution is -0.0461. The summed E-state index contributed by atoms with van der Waals surface area (Å²) in [7, 11) is 1.67. The van der Waals surface area contributed by atoms with Crippen LogP contribution in [-0.4, -0.2) is 12.7 Å². The quantitative estimate of drug-likeness (QED) is 0.461. The zero-order valence-electron chi connectivity index (χ0n) is 12.6. The van der Waals surface area contributed by atoms with Gasteiger partial charge in [0.15, 0.2) is 0 Å². The third-order valence-corrected chi connectivity index (χ3v) is 3.96. The smallest absolute Gasteiger partial charge is 0.118 e. The molecule has 0 bridgehead atoms. The molecule has 1 aromatic rings. The van der Waals surface area contributed by atoms with Gasteiger partial charge in [0.1, 0.15) is 5.75 Å². The molecule has 0 heterocycles. The van der Waals surface area contributed by atoms with Gasteiger partial charge in [0, 0.05) is 0 Å². The first-order valence-corrected chi connectivity index (χ1v) is 8.46. The van der Waals surface area contributed by atoms with E-state index < -0.39 is 0 Å². The first-order chi connectivity index (χ1) is 9.99. The van der Waals surface area contributed by atoms with Crippen molar-refractivity contribution in [3.63, 3.8) is 0 Å². The summed E-state index contributed by atoms with van der Waals surface area (Å²) in [6.45, 7) is 6.52. The van der Waals surface area contributed by atoms with Gasteiger partial charge in [-0.15, -0.1) is 6.58 Å². The summed E-state index contributed by atoms with van der Waals surface area (Å²) in [5.41, 5.74) is 0.934. The van der Waals surface area contributed by atoms with Gasteiger partial charge in [-0.05, 0) is 75.7 Å². The number of hydrogen-bond acceptors (Lipinski definition) is 2. The fourth-order valence-corrected chi connectivity index (χ4v) is 2.24. The molecule has 0 N–H and O–H groups in total. The molecule has 0 aromatic heterocycles. The molecule has 1 aromatic carbocycles. The second-order valence-corrected chi connectivity index (χ2v) is 7.88. The maximum atomic E-state index is 6.17. The van der Waals surface area contributed by atoms with Crippen LogP contribution in [-0.2, 0) is 11.3 Å². The Morgan fingerprint density at radius 1 is 1.29 bits per heavy atom. The topological polar surface area (TPSA) is 18.5 Å². The molecule has 2 nitrogen and oxygen atoms in total. The monoisotopic (exact) mass is 416 g/mol. The molecular weight excluding hydrogens is 396 g/mol. The number of halogens is 2. The van der Waals surface area contributed by atoms with Crippen LogP contribution in [0.2, 0.25) is 0 Å². The largest absolute Gasteiger partial charge is 0.497 e. The Morgan fingerprint density at radius 3 is 2.48 bits per heavy atom. The summed E-state index contributed by atoms with van der Waals surface area (Å²) in [6, 6.07) is 7.97. The maximum absolute atomic E-state index is 6.17. The van der Waals surface area contributed by atoms with Crippen LogP contribution in [0.1, 0.15) is 31.7 Å². The number of rotatable bonds is 9. The van der Waals surface area contributed by atoms with E-state index in [1.165, 1.54) is 0 Å². The average molecular weight is 418 g/mol. The Morgan fingerprint density at radius 2 is 1.95 bits per heavy atom. The van der Waals surface area contributed by atoms with E-state index in [1.54, 1.807) is 7.11 Å². The molecule has 4 heteroatoms. The lowest BCUT2D eigenvalue weighted by Crippen LogP contribution is -2.27. The third kappa shape index (κ3) is 7.30. The molecule has 21 heavy (non-hydrogen) atoms. The summed E-state index contributed by atoms with van der Waals surface area (Å²) in [6.07, 6.45) is 6.73. The Hall–Kier alpha value is -0.580. The van der Waals surface area contributed by atoms with Crippen LogP contribution >= 0.6 is 31.9 Å². The van der Waals surface area contributed by atoms with E-state index in [1.807, 2.05) is 30.3 Å².